The van der Waals surface area contributed by atoms with Gasteiger partial charge in [0.25, 0.3) is 0 Å². The summed E-state index contributed by atoms with van der Waals surface area (Å²) in [5.41, 5.74) is -0.611. The maximum Gasteiger partial charge on any atom is 0.313 e. The van der Waals surface area contributed by atoms with Crippen molar-refractivity contribution in [3.63, 3.8) is 0 Å². The van der Waals surface area contributed by atoms with Crippen molar-refractivity contribution < 1.29 is 19.1 Å². The van der Waals surface area contributed by atoms with Gasteiger partial charge >= 0.3 is 5.97 Å². The van der Waals surface area contributed by atoms with Crippen LogP contribution in [0.4, 0.5) is 0 Å². The van der Waals surface area contributed by atoms with Gasteiger partial charge in [0.2, 0.25) is 5.91 Å². The molecule has 0 aliphatic heterocycles. The molecule has 0 unspecified atom stereocenters. The molecule has 116 valence electrons. The molecule has 0 radical (unpaired) electrons. The molecule has 0 atom stereocenters. The molecule has 1 N–H and O–H groups in total. The Labute approximate surface area is 121 Å². The minimum atomic E-state index is -0.546. The number of nitrogens with one attached hydrogen (secondary N) is 1. The van der Waals surface area contributed by atoms with Gasteiger partial charge in [-0.15, -0.1) is 0 Å². The fourth-order valence-corrected chi connectivity index (χ4v) is 1.35. The lowest BCUT2D eigenvalue weighted by Crippen LogP contribution is -2.31. The average Bonchev–Trinajstić information content (AvgIpc) is 2.20. The molecule has 5 heteroatoms. The van der Waals surface area contributed by atoms with Gasteiger partial charge in [-0.25, -0.2) is 0 Å². The van der Waals surface area contributed by atoms with E-state index in [1.807, 2.05) is 20.8 Å². The van der Waals surface area contributed by atoms with E-state index in [0.29, 0.717) is 6.42 Å². The summed E-state index contributed by atoms with van der Waals surface area (Å²) in [6.45, 7) is 11.6. The van der Waals surface area contributed by atoms with E-state index in [2.05, 4.69) is 5.32 Å². The van der Waals surface area contributed by atoms with Crippen LogP contribution >= 0.6 is 0 Å². The number of amides is 1. The number of hydrogen-bond acceptors (Lipinski definition) is 4. The quantitative estimate of drug-likeness (QED) is 0.461. The first-order valence-corrected chi connectivity index (χ1v) is 6.87. The Morgan fingerprint density at radius 2 is 1.55 bits per heavy atom. The standard InChI is InChI=1S/C15H27NO4/c1-14(2,3)10-12(18)16-7-8-20-13(19)9-11(17)15(4,5)6/h7-10H2,1-6H3,(H,16,18). The fraction of sp³-hybridized carbons (Fsp3) is 0.800. The Kier molecular flexibility index (Phi) is 6.89. The summed E-state index contributed by atoms with van der Waals surface area (Å²) >= 11 is 0. The number of hydrogen-bond donors (Lipinski definition) is 1. The van der Waals surface area contributed by atoms with Crippen LogP contribution in [0.15, 0.2) is 0 Å². The summed E-state index contributed by atoms with van der Waals surface area (Å²) in [6.07, 6.45) is 0.197. The Morgan fingerprint density at radius 1 is 1.00 bits per heavy atom. The molecule has 0 spiro atoms. The average molecular weight is 285 g/mol. The van der Waals surface area contributed by atoms with Crippen molar-refractivity contribution in [1.82, 2.24) is 5.32 Å². The van der Waals surface area contributed by atoms with Crippen LogP contribution < -0.4 is 5.32 Å². The lowest BCUT2D eigenvalue weighted by molar-refractivity contribution is -0.148. The maximum atomic E-state index is 11.6. The van der Waals surface area contributed by atoms with Crippen LogP contribution in [0.1, 0.15) is 54.4 Å². The Bertz CT molecular complexity index is 361. The number of Topliss-reactive ketones (excluding diaryl/α,β-unsaturated/α-hetero) is 1. The van der Waals surface area contributed by atoms with Crippen molar-refractivity contribution in [2.75, 3.05) is 13.2 Å². The molecule has 0 bridgehead atoms. The summed E-state index contributed by atoms with van der Waals surface area (Å²) in [5.74, 6) is -0.770. The Hall–Kier alpha value is -1.39. The lowest BCUT2D eigenvalue weighted by atomic mass is 9.89. The number of carbonyl (C=O) groups excluding carboxylic acids is 3. The number of esters is 1. The van der Waals surface area contributed by atoms with Crippen LogP contribution in [0.3, 0.4) is 0 Å². The molecular weight excluding hydrogens is 258 g/mol. The van der Waals surface area contributed by atoms with Gasteiger partial charge in [0.05, 0.1) is 6.54 Å². The monoisotopic (exact) mass is 285 g/mol. The number of ether oxygens (including phenoxy) is 1. The first-order valence-electron chi connectivity index (χ1n) is 6.87. The van der Waals surface area contributed by atoms with Crippen LogP contribution in [-0.2, 0) is 19.1 Å². The molecule has 0 aromatic carbocycles. The second kappa shape index (κ2) is 7.41. The van der Waals surface area contributed by atoms with Gasteiger partial charge < -0.3 is 10.1 Å². The summed E-state index contributed by atoms with van der Waals surface area (Å²) < 4.78 is 4.91. The normalized spacial score (nSPS) is 11.9. The van der Waals surface area contributed by atoms with Crippen LogP contribution in [0.25, 0.3) is 0 Å². The Balaban J connectivity index is 3.84. The van der Waals surface area contributed by atoms with E-state index in [-0.39, 0.29) is 36.7 Å². The molecule has 1 amide bonds. The first-order chi connectivity index (χ1) is 8.92. The van der Waals surface area contributed by atoms with Crippen LogP contribution in [0, 0.1) is 10.8 Å². The third-order valence-corrected chi connectivity index (χ3v) is 2.52. The summed E-state index contributed by atoms with van der Waals surface area (Å²) in [5, 5.41) is 2.68. The topological polar surface area (TPSA) is 72.5 Å². The molecule has 0 saturated heterocycles. The summed E-state index contributed by atoms with van der Waals surface area (Å²) in [7, 11) is 0. The van der Waals surface area contributed by atoms with E-state index >= 15 is 0 Å². The molecule has 5 nitrogen and oxygen atoms in total. The minimum absolute atomic E-state index is 0.0696. The lowest BCUT2D eigenvalue weighted by Gasteiger charge is -2.17. The van der Waals surface area contributed by atoms with Crippen LogP contribution in [0.2, 0.25) is 0 Å². The van der Waals surface area contributed by atoms with Gasteiger partial charge in [-0.3, -0.25) is 14.4 Å². The minimum Gasteiger partial charge on any atom is -0.463 e. The summed E-state index contributed by atoms with van der Waals surface area (Å²) in [6, 6.07) is 0. The number of ketones is 1. The van der Waals surface area contributed by atoms with Crippen LogP contribution in [0.5, 0.6) is 0 Å². The van der Waals surface area contributed by atoms with E-state index < -0.39 is 11.4 Å². The SMILES string of the molecule is CC(C)(C)CC(=O)NCCOC(=O)CC(=O)C(C)(C)C. The molecule has 0 aliphatic rings. The van der Waals surface area contributed by atoms with Crippen molar-refractivity contribution in [3.8, 4) is 0 Å². The van der Waals surface area contributed by atoms with Crippen LogP contribution in [-0.4, -0.2) is 30.8 Å². The molecule has 0 aromatic heterocycles. The van der Waals surface area contributed by atoms with E-state index in [4.69, 9.17) is 4.74 Å². The zero-order valence-electron chi connectivity index (χ0n) is 13.5. The molecule has 0 fully saturated rings. The summed E-state index contributed by atoms with van der Waals surface area (Å²) in [4.78, 5) is 34.5. The highest BCUT2D eigenvalue weighted by atomic mass is 16.5. The predicted molar refractivity (Wildman–Crippen MR) is 77.1 cm³/mol. The third-order valence-electron chi connectivity index (χ3n) is 2.52. The maximum absolute atomic E-state index is 11.6. The van der Waals surface area contributed by atoms with E-state index in [1.54, 1.807) is 20.8 Å². The molecule has 0 rings (SSSR count). The smallest absolute Gasteiger partial charge is 0.313 e. The van der Waals surface area contributed by atoms with Gasteiger partial charge in [-0.1, -0.05) is 41.5 Å². The molecular formula is C15H27NO4. The second-order valence-corrected chi connectivity index (χ2v) is 7.16. The Morgan fingerprint density at radius 3 is 2.00 bits per heavy atom. The molecule has 0 saturated carbocycles. The zero-order valence-corrected chi connectivity index (χ0v) is 13.5. The van der Waals surface area contributed by atoms with E-state index in [0.717, 1.165) is 0 Å². The fourth-order valence-electron chi connectivity index (χ4n) is 1.35. The highest BCUT2D eigenvalue weighted by Gasteiger charge is 2.24. The van der Waals surface area contributed by atoms with Crippen molar-refractivity contribution in [3.05, 3.63) is 0 Å². The van der Waals surface area contributed by atoms with Gasteiger partial charge in [0.1, 0.15) is 18.8 Å². The largest absolute Gasteiger partial charge is 0.463 e. The van der Waals surface area contributed by atoms with Crippen molar-refractivity contribution in [2.45, 2.75) is 54.4 Å². The molecule has 0 aromatic rings. The number of carbonyl (C=O) groups is 3. The van der Waals surface area contributed by atoms with Crippen molar-refractivity contribution in [2.24, 2.45) is 10.8 Å². The van der Waals surface area contributed by atoms with Gasteiger partial charge in [-0.05, 0) is 5.41 Å². The van der Waals surface area contributed by atoms with Crippen molar-refractivity contribution >= 4 is 17.7 Å². The number of rotatable bonds is 6. The highest BCUT2D eigenvalue weighted by molar-refractivity contribution is 5.98. The molecule has 20 heavy (non-hydrogen) atoms. The second-order valence-electron chi connectivity index (χ2n) is 7.16. The van der Waals surface area contributed by atoms with Gasteiger partial charge in [0.15, 0.2) is 0 Å². The van der Waals surface area contributed by atoms with Gasteiger partial charge in [0, 0.05) is 11.8 Å². The zero-order chi connectivity index (χ0) is 16.0. The third kappa shape index (κ3) is 9.53. The van der Waals surface area contributed by atoms with Crippen molar-refractivity contribution in [1.29, 1.82) is 0 Å². The highest BCUT2D eigenvalue weighted by Crippen LogP contribution is 2.18. The molecule has 0 heterocycles. The van der Waals surface area contributed by atoms with E-state index in [9.17, 15) is 14.4 Å². The first kappa shape index (κ1) is 18.6. The van der Waals surface area contributed by atoms with Gasteiger partial charge in [-0.2, -0.15) is 0 Å². The predicted octanol–water partition coefficient (Wildman–Crippen LogP) is 2.09. The van der Waals surface area contributed by atoms with E-state index in [1.165, 1.54) is 0 Å². The molecule has 0 aliphatic carbocycles.